The van der Waals surface area contributed by atoms with Gasteiger partial charge in [-0.15, -0.1) is 0 Å². The number of rotatable bonds is 3. The van der Waals surface area contributed by atoms with E-state index in [4.69, 9.17) is 0 Å². The van der Waals surface area contributed by atoms with Gasteiger partial charge in [0, 0.05) is 39.3 Å². The van der Waals surface area contributed by atoms with E-state index >= 15 is 0 Å². The Hall–Kier alpha value is -1.72. The van der Waals surface area contributed by atoms with Crippen LogP contribution in [0.25, 0.3) is 0 Å². The zero-order chi connectivity index (χ0) is 14.7. The summed E-state index contributed by atoms with van der Waals surface area (Å²) in [6, 6.07) is 6.48. The lowest BCUT2D eigenvalue weighted by atomic mass is 10.2. The number of carbonyl (C=O) groups excluding carboxylic acids is 1. The van der Waals surface area contributed by atoms with Gasteiger partial charge < -0.3 is 4.90 Å². The molecule has 1 fully saturated rings. The van der Waals surface area contributed by atoms with Crippen molar-refractivity contribution in [3.05, 3.63) is 47.8 Å². The van der Waals surface area contributed by atoms with Gasteiger partial charge in [-0.25, -0.2) is 4.39 Å². The van der Waals surface area contributed by atoms with E-state index in [1.165, 1.54) is 12.1 Å². The Labute approximate surface area is 124 Å². The first-order valence-corrected chi connectivity index (χ1v) is 7.38. The first-order chi connectivity index (χ1) is 10.2. The molecular formula is C16H20FN3O. The van der Waals surface area contributed by atoms with E-state index in [0.717, 1.165) is 44.8 Å². The minimum absolute atomic E-state index is 0.145. The Morgan fingerprint density at radius 3 is 2.52 bits per heavy atom. The predicted molar refractivity (Wildman–Crippen MR) is 79.2 cm³/mol. The maximum absolute atomic E-state index is 12.9. The van der Waals surface area contributed by atoms with Gasteiger partial charge in [0.05, 0.1) is 0 Å². The molecule has 2 aliphatic rings. The lowest BCUT2D eigenvalue weighted by Gasteiger charge is -2.35. The minimum Gasteiger partial charge on any atom is -0.338 e. The first kappa shape index (κ1) is 14.2. The molecule has 1 unspecified atom stereocenters. The second-order valence-electron chi connectivity index (χ2n) is 5.54. The number of hydrogen-bond acceptors (Lipinski definition) is 3. The second-order valence-corrected chi connectivity index (χ2v) is 5.54. The highest BCUT2D eigenvalue weighted by Gasteiger charge is 2.26. The number of amides is 1. The van der Waals surface area contributed by atoms with Crippen molar-refractivity contribution in [2.45, 2.75) is 12.6 Å². The summed E-state index contributed by atoms with van der Waals surface area (Å²) in [5.41, 5.74) is 1.11. The standard InChI is InChI=1S/C16H20FN3O/c17-14-5-3-13(4-6-14)12-19-8-10-20(11-9-19)16(21)15-2-1-7-18-15/h1-6,15,18H,7-12H2. The van der Waals surface area contributed by atoms with Crippen molar-refractivity contribution in [1.29, 1.82) is 0 Å². The molecule has 5 heteroatoms. The van der Waals surface area contributed by atoms with Gasteiger partial charge in [-0.2, -0.15) is 0 Å². The maximum atomic E-state index is 12.9. The molecule has 0 saturated carbocycles. The Morgan fingerprint density at radius 1 is 1.19 bits per heavy atom. The average Bonchev–Trinajstić information content (AvgIpc) is 3.04. The molecule has 1 aromatic rings. The molecule has 0 bridgehead atoms. The van der Waals surface area contributed by atoms with Gasteiger partial charge in [0.1, 0.15) is 11.9 Å². The summed E-state index contributed by atoms with van der Waals surface area (Å²) >= 11 is 0. The van der Waals surface area contributed by atoms with E-state index < -0.39 is 0 Å². The van der Waals surface area contributed by atoms with Crippen molar-refractivity contribution in [3.63, 3.8) is 0 Å². The molecule has 21 heavy (non-hydrogen) atoms. The number of nitrogens with zero attached hydrogens (tertiary/aromatic N) is 2. The molecule has 1 saturated heterocycles. The minimum atomic E-state index is -0.203. The third-order valence-corrected chi connectivity index (χ3v) is 4.05. The number of piperazine rings is 1. The number of hydrogen-bond donors (Lipinski definition) is 1. The van der Waals surface area contributed by atoms with E-state index in [1.54, 1.807) is 0 Å². The fourth-order valence-electron chi connectivity index (χ4n) is 2.81. The quantitative estimate of drug-likeness (QED) is 0.843. The molecule has 1 aromatic carbocycles. The number of halogens is 1. The van der Waals surface area contributed by atoms with Gasteiger partial charge in [-0.1, -0.05) is 24.3 Å². The molecule has 1 N–H and O–H groups in total. The SMILES string of the molecule is O=C(C1C=CCN1)N1CCN(Cc2ccc(F)cc2)CC1. The highest BCUT2D eigenvalue weighted by atomic mass is 19.1. The maximum Gasteiger partial charge on any atom is 0.243 e. The largest absolute Gasteiger partial charge is 0.338 e. The van der Waals surface area contributed by atoms with Crippen molar-refractivity contribution in [2.24, 2.45) is 0 Å². The molecule has 0 spiro atoms. The van der Waals surface area contributed by atoms with Crippen molar-refractivity contribution in [1.82, 2.24) is 15.1 Å². The Bertz CT molecular complexity index is 521. The molecule has 4 nitrogen and oxygen atoms in total. The molecular weight excluding hydrogens is 269 g/mol. The third kappa shape index (κ3) is 3.49. The van der Waals surface area contributed by atoms with E-state index in [2.05, 4.69) is 10.2 Å². The normalized spacial score (nSPS) is 22.7. The van der Waals surface area contributed by atoms with E-state index in [-0.39, 0.29) is 17.8 Å². The average molecular weight is 289 g/mol. The van der Waals surface area contributed by atoms with Crippen LogP contribution in [0, 0.1) is 5.82 Å². The molecule has 1 atom stereocenters. The van der Waals surface area contributed by atoms with Crippen molar-refractivity contribution in [3.8, 4) is 0 Å². The third-order valence-electron chi connectivity index (χ3n) is 4.05. The smallest absolute Gasteiger partial charge is 0.243 e. The summed E-state index contributed by atoms with van der Waals surface area (Å²) in [5.74, 6) is -0.0310. The topological polar surface area (TPSA) is 35.6 Å². The zero-order valence-corrected chi connectivity index (χ0v) is 12.0. The van der Waals surface area contributed by atoms with E-state index in [9.17, 15) is 9.18 Å². The van der Waals surface area contributed by atoms with Gasteiger partial charge in [-0.3, -0.25) is 15.0 Å². The first-order valence-electron chi connectivity index (χ1n) is 7.38. The Kier molecular flexibility index (Phi) is 4.31. The lowest BCUT2D eigenvalue weighted by Crippen LogP contribution is -2.52. The van der Waals surface area contributed by atoms with Gasteiger partial charge in [0.15, 0.2) is 0 Å². The molecule has 112 valence electrons. The predicted octanol–water partition coefficient (Wildman–Crippen LogP) is 0.998. The van der Waals surface area contributed by atoms with E-state index in [0.29, 0.717) is 0 Å². The summed E-state index contributed by atoms with van der Waals surface area (Å²) < 4.78 is 12.9. The summed E-state index contributed by atoms with van der Waals surface area (Å²) in [5, 5.41) is 3.16. The number of nitrogens with one attached hydrogen (secondary N) is 1. The molecule has 2 heterocycles. The van der Waals surface area contributed by atoms with Crippen LogP contribution in [0.3, 0.4) is 0 Å². The van der Waals surface area contributed by atoms with Crippen LogP contribution in [-0.2, 0) is 11.3 Å². The van der Waals surface area contributed by atoms with Crippen molar-refractivity contribution < 1.29 is 9.18 Å². The Morgan fingerprint density at radius 2 is 1.90 bits per heavy atom. The molecule has 3 rings (SSSR count). The Balaban J connectivity index is 1.49. The molecule has 1 amide bonds. The van der Waals surface area contributed by atoms with Crippen LogP contribution in [0.2, 0.25) is 0 Å². The van der Waals surface area contributed by atoms with Crippen molar-refractivity contribution in [2.75, 3.05) is 32.7 Å². The number of benzene rings is 1. The van der Waals surface area contributed by atoms with Crippen LogP contribution in [0.15, 0.2) is 36.4 Å². The van der Waals surface area contributed by atoms with Crippen LogP contribution in [0.4, 0.5) is 4.39 Å². The summed E-state index contributed by atoms with van der Waals surface area (Å²) in [6.07, 6.45) is 3.93. The monoisotopic (exact) mass is 289 g/mol. The van der Waals surface area contributed by atoms with Crippen molar-refractivity contribution >= 4 is 5.91 Å². The second kappa shape index (κ2) is 6.37. The highest BCUT2D eigenvalue weighted by molar-refractivity contribution is 5.84. The van der Waals surface area contributed by atoms with Gasteiger partial charge in [0.2, 0.25) is 5.91 Å². The molecule has 2 aliphatic heterocycles. The summed E-state index contributed by atoms with van der Waals surface area (Å²) in [4.78, 5) is 16.5. The fourth-order valence-corrected chi connectivity index (χ4v) is 2.81. The van der Waals surface area contributed by atoms with Crippen LogP contribution in [0.1, 0.15) is 5.56 Å². The number of carbonyl (C=O) groups is 1. The van der Waals surface area contributed by atoms with Gasteiger partial charge in [0.25, 0.3) is 0 Å². The lowest BCUT2D eigenvalue weighted by molar-refractivity contribution is -0.133. The van der Waals surface area contributed by atoms with Crippen LogP contribution in [-0.4, -0.2) is 54.5 Å². The zero-order valence-electron chi connectivity index (χ0n) is 12.0. The van der Waals surface area contributed by atoms with E-state index in [1.807, 2.05) is 29.2 Å². The van der Waals surface area contributed by atoms with Crippen LogP contribution >= 0.6 is 0 Å². The van der Waals surface area contributed by atoms with Gasteiger partial charge in [-0.05, 0) is 17.7 Å². The molecule has 0 aliphatic carbocycles. The molecule has 0 radical (unpaired) electrons. The fraction of sp³-hybridized carbons (Fsp3) is 0.438. The molecule has 0 aromatic heterocycles. The van der Waals surface area contributed by atoms with Crippen LogP contribution < -0.4 is 5.32 Å². The summed E-state index contributed by atoms with van der Waals surface area (Å²) in [6.45, 7) is 4.82. The summed E-state index contributed by atoms with van der Waals surface area (Å²) in [7, 11) is 0. The highest BCUT2D eigenvalue weighted by Crippen LogP contribution is 2.11. The van der Waals surface area contributed by atoms with Crippen LogP contribution in [0.5, 0.6) is 0 Å². The van der Waals surface area contributed by atoms with Gasteiger partial charge >= 0.3 is 0 Å².